The zero-order chi connectivity index (χ0) is 10.3. The summed E-state index contributed by atoms with van der Waals surface area (Å²) in [6.45, 7) is 1.77. The van der Waals surface area contributed by atoms with E-state index in [0.29, 0.717) is 10.5 Å². The van der Waals surface area contributed by atoms with Gasteiger partial charge in [0.1, 0.15) is 5.56 Å². The molecule has 4 nitrogen and oxygen atoms in total. The number of nitrogens with zero attached hydrogens (tertiary/aromatic N) is 2. The van der Waals surface area contributed by atoms with Crippen LogP contribution in [0.2, 0.25) is 5.02 Å². The molecule has 0 aliphatic carbocycles. The van der Waals surface area contributed by atoms with Gasteiger partial charge in [-0.25, -0.2) is 9.31 Å². The van der Waals surface area contributed by atoms with Gasteiger partial charge in [-0.15, -0.1) is 0 Å². The summed E-state index contributed by atoms with van der Waals surface area (Å²) >= 11 is 5.89. The van der Waals surface area contributed by atoms with Gasteiger partial charge in [0, 0.05) is 11.2 Å². The lowest BCUT2D eigenvalue weighted by atomic mass is 10.2. The second kappa shape index (κ2) is 2.99. The van der Waals surface area contributed by atoms with Gasteiger partial charge in [0.05, 0.1) is 11.7 Å². The first-order valence-corrected chi connectivity index (χ1v) is 4.35. The SMILES string of the molecule is Cc1c(Cl)ccn2ncc(C(=O)O)c12. The summed E-state index contributed by atoms with van der Waals surface area (Å²) in [5.41, 5.74) is 1.44. The highest BCUT2D eigenvalue weighted by Crippen LogP contribution is 2.22. The van der Waals surface area contributed by atoms with E-state index >= 15 is 0 Å². The van der Waals surface area contributed by atoms with Crippen LogP contribution in [0.3, 0.4) is 0 Å². The van der Waals surface area contributed by atoms with Gasteiger partial charge in [0.2, 0.25) is 0 Å². The van der Waals surface area contributed by atoms with Crippen molar-refractivity contribution in [3.63, 3.8) is 0 Å². The molecule has 0 amide bonds. The van der Waals surface area contributed by atoms with Crippen molar-refractivity contribution in [1.82, 2.24) is 9.61 Å². The highest BCUT2D eigenvalue weighted by molar-refractivity contribution is 6.32. The first-order chi connectivity index (χ1) is 6.61. The predicted molar refractivity (Wildman–Crippen MR) is 51.9 cm³/mol. The molecule has 0 unspecified atom stereocenters. The average molecular weight is 211 g/mol. The average Bonchev–Trinajstić information content (AvgIpc) is 2.55. The fraction of sp³-hybridized carbons (Fsp3) is 0.111. The van der Waals surface area contributed by atoms with E-state index in [4.69, 9.17) is 16.7 Å². The molecule has 2 aromatic heterocycles. The highest BCUT2D eigenvalue weighted by atomic mass is 35.5. The summed E-state index contributed by atoms with van der Waals surface area (Å²) in [5.74, 6) is -0.995. The number of halogens is 1. The Labute approximate surface area is 84.7 Å². The third-order valence-electron chi connectivity index (χ3n) is 2.10. The lowest BCUT2D eigenvalue weighted by molar-refractivity contribution is 0.0699. The maximum atomic E-state index is 10.8. The maximum absolute atomic E-state index is 10.8. The third-order valence-corrected chi connectivity index (χ3v) is 2.51. The molecule has 0 spiro atoms. The number of carboxylic acid groups (broad SMARTS) is 1. The van der Waals surface area contributed by atoms with E-state index in [1.807, 2.05) is 0 Å². The first-order valence-electron chi connectivity index (χ1n) is 3.97. The molecule has 72 valence electrons. The van der Waals surface area contributed by atoms with E-state index in [9.17, 15) is 4.79 Å². The van der Waals surface area contributed by atoms with Crippen molar-refractivity contribution in [3.05, 3.63) is 34.6 Å². The fourth-order valence-corrected chi connectivity index (χ4v) is 1.53. The zero-order valence-corrected chi connectivity index (χ0v) is 8.12. The third kappa shape index (κ3) is 1.15. The Kier molecular flexibility index (Phi) is 1.93. The van der Waals surface area contributed by atoms with E-state index in [1.165, 1.54) is 10.7 Å². The molecule has 14 heavy (non-hydrogen) atoms. The first kappa shape index (κ1) is 9.02. The van der Waals surface area contributed by atoms with Crippen LogP contribution in [-0.2, 0) is 0 Å². The van der Waals surface area contributed by atoms with Gasteiger partial charge in [-0.05, 0) is 18.6 Å². The Balaban J connectivity index is 2.89. The number of aromatic carboxylic acids is 1. The molecule has 5 heteroatoms. The Hall–Kier alpha value is -1.55. The van der Waals surface area contributed by atoms with E-state index in [1.54, 1.807) is 19.2 Å². The smallest absolute Gasteiger partial charge is 0.339 e. The van der Waals surface area contributed by atoms with Crippen molar-refractivity contribution in [3.8, 4) is 0 Å². The second-order valence-corrected chi connectivity index (χ2v) is 3.35. The zero-order valence-electron chi connectivity index (χ0n) is 7.36. The van der Waals surface area contributed by atoms with Crippen LogP contribution in [0, 0.1) is 6.92 Å². The van der Waals surface area contributed by atoms with Crippen LogP contribution in [0.4, 0.5) is 0 Å². The van der Waals surface area contributed by atoms with Crippen molar-refractivity contribution in [2.45, 2.75) is 6.92 Å². The van der Waals surface area contributed by atoms with Crippen LogP contribution in [-0.4, -0.2) is 20.7 Å². The Morgan fingerprint density at radius 2 is 2.36 bits per heavy atom. The minimum atomic E-state index is -0.995. The number of rotatable bonds is 1. The molecule has 2 aromatic rings. The maximum Gasteiger partial charge on any atom is 0.339 e. The number of hydrogen-bond acceptors (Lipinski definition) is 2. The molecule has 0 aliphatic heterocycles. The molecule has 0 aliphatic rings. The monoisotopic (exact) mass is 210 g/mol. The number of carboxylic acids is 1. The van der Waals surface area contributed by atoms with E-state index in [0.717, 1.165) is 5.56 Å². The summed E-state index contributed by atoms with van der Waals surface area (Å²) in [5, 5.41) is 13.4. The van der Waals surface area contributed by atoms with Gasteiger partial charge < -0.3 is 5.11 Å². The number of carbonyl (C=O) groups is 1. The standard InChI is InChI=1S/C9H7ClN2O2/c1-5-7(10)2-3-12-8(5)6(4-11-12)9(13)14/h2-4H,1H3,(H,13,14). The van der Waals surface area contributed by atoms with Gasteiger partial charge >= 0.3 is 5.97 Å². The fourth-order valence-electron chi connectivity index (χ4n) is 1.38. The van der Waals surface area contributed by atoms with Crippen molar-refractivity contribution < 1.29 is 9.90 Å². The van der Waals surface area contributed by atoms with Crippen LogP contribution in [0.25, 0.3) is 5.52 Å². The molecule has 0 radical (unpaired) electrons. The normalized spacial score (nSPS) is 10.7. The molecule has 1 N–H and O–H groups in total. The van der Waals surface area contributed by atoms with Crippen LogP contribution in [0.15, 0.2) is 18.5 Å². The lowest BCUT2D eigenvalue weighted by Crippen LogP contribution is -1.97. The lowest BCUT2D eigenvalue weighted by Gasteiger charge is -2.01. The van der Waals surface area contributed by atoms with Crippen LogP contribution in [0.1, 0.15) is 15.9 Å². The van der Waals surface area contributed by atoms with Crippen LogP contribution in [0.5, 0.6) is 0 Å². The largest absolute Gasteiger partial charge is 0.478 e. The van der Waals surface area contributed by atoms with E-state index in [-0.39, 0.29) is 5.56 Å². The topological polar surface area (TPSA) is 54.6 Å². The number of fused-ring (bicyclic) bond motifs is 1. The summed E-state index contributed by atoms with van der Waals surface area (Å²) in [7, 11) is 0. The minimum Gasteiger partial charge on any atom is -0.478 e. The highest BCUT2D eigenvalue weighted by Gasteiger charge is 2.14. The molecular weight excluding hydrogens is 204 g/mol. The second-order valence-electron chi connectivity index (χ2n) is 2.95. The van der Waals surface area contributed by atoms with Gasteiger partial charge in [0.25, 0.3) is 0 Å². The molecule has 0 bridgehead atoms. The molecule has 0 aromatic carbocycles. The quantitative estimate of drug-likeness (QED) is 0.783. The molecule has 0 fully saturated rings. The van der Waals surface area contributed by atoms with Crippen molar-refractivity contribution in [1.29, 1.82) is 0 Å². The molecule has 2 heterocycles. The van der Waals surface area contributed by atoms with Gasteiger partial charge in [-0.3, -0.25) is 0 Å². The summed E-state index contributed by atoms with van der Waals surface area (Å²) < 4.78 is 1.50. The van der Waals surface area contributed by atoms with Crippen molar-refractivity contribution in [2.75, 3.05) is 0 Å². The van der Waals surface area contributed by atoms with Crippen LogP contribution >= 0.6 is 11.6 Å². The summed E-state index contributed by atoms with van der Waals surface area (Å²) in [4.78, 5) is 10.8. The minimum absolute atomic E-state index is 0.171. The van der Waals surface area contributed by atoms with Crippen LogP contribution < -0.4 is 0 Å². The molecule has 0 saturated heterocycles. The Bertz CT molecular complexity index is 519. The summed E-state index contributed by atoms with van der Waals surface area (Å²) in [6, 6.07) is 1.68. The van der Waals surface area contributed by atoms with Gasteiger partial charge in [-0.1, -0.05) is 11.6 Å². The van der Waals surface area contributed by atoms with E-state index < -0.39 is 5.97 Å². The Morgan fingerprint density at radius 1 is 1.64 bits per heavy atom. The molecule has 0 atom stereocenters. The number of aryl methyl sites for hydroxylation is 1. The van der Waals surface area contributed by atoms with Crippen molar-refractivity contribution in [2.24, 2.45) is 0 Å². The number of hydrogen-bond donors (Lipinski definition) is 1. The van der Waals surface area contributed by atoms with Gasteiger partial charge in [-0.2, -0.15) is 5.10 Å². The number of aromatic nitrogens is 2. The Morgan fingerprint density at radius 3 is 3.00 bits per heavy atom. The van der Waals surface area contributed by atoms with Gasteiger partial charge in [0.15, 0.2) is 0 Å². The number of pyridine rings is 1. The predicted octanol–water partition coefficient (Wildman–Crippen LogP) is 1.99. The molecule has 0 saturated carbocycles. The molecular formula is C9H7ClN2O2. The molecule has 2 rings (SSSR count). The van der Waals surface area contributed by atoms with E-state index in [2.05, 4.69) is 5.10 Å². The van der Waals surface area contributed by atoms with Crippen molar-refractivity contribution >= 4 is 23.1 Å². The summed E-state index contributed by atoms with van der Waals surface area (Å²) in [6.07, 6.45) is 2.96.